The van der Waals surface area contributed by atoms with Gasteiger partial charge in [0.05, 0.1) is 6.04 Å². The van der Waals surface area contributed by atoms with Crippen molar-refractivity contribution in [1.29, 1.82) is 0 Å². The van der Waals surface area contributed by atoms with E-state index in [1.54, 1.807) is 21.3 Å². The van der Waals surface area contributed by atoms with Crippen LogP contribution >= 0.6 is 0 Å². The van der Waals surface area contributed by atoms with Crippen LogP contribution in [0.1, 0.15) is 40.2 Å². The average Bonchev–Trinajstić information content (AvgIpc) is 3.27. The molecule has 2 aromatic heterocycles. The van der Waals surface area contributed by atoms with Gasteiger partial charge in [0.25, 0.3) is 0 Å². The number of nitrogens with zero attached hydrogens (tertiary/aromatic N) is 3. The number of likely N-dealkylation sites (N-methyl/N-ethyl adjacent to an activating group) is 1. The number of hydrogen-bond acceptors (Lipinski definition) is 5. The van der Waals surface area contributed by atoms with Gasteiger partial charge in [0.1, 0.15) is 23.6 Å². The van der Waals surface area contributed by atoms with Gasteiger partial charge in [0.2, 0.25) is 0 Å². The van der Waals surface area contributed by atoms with Gasteiger partial charge in [-0.2, -0.15) is 0 Å². The number of carbonyl (C=O) groups is 2. The Morgan fingerprint density at radius 1 is 0.889 bits per heavy atom. The molecule has 0 aromatic carbocycles. The van der Waals surface area contributed by atoms with Crippen molar-refractivity contribution in [2.24, 2.45) is 14.1 Å². The van der Waals surface area contributed by atoms with Crippen LogP contribution in [0.5, 0.6) is 0 Å². The van der Waals surface area contributed by atoms with Gasteiger partial charge >= 0.3 is 11.9 Å². The number of piperidine rings is 1. The second-order valence-electron chi connectivity index (χ2n) is 7.57. The number of aryl methyl sites for hydroxylation is 2. The molecule has 0 aliphatic carbocycles. The lowest BCUT2D eigenvalue weighted by molar-refractivity contribution is -0.0159. The van der Waals surface area contributed by atoms with Gasteiger partial charge in [-0.05, 0) is 31.3 Å². The van der Waals surface area contributed by atoms with Gasteiger partial charge in [-0.1, -0.05) is 0 Å². The van der Waals surface area contributed by atoms with Crippen LogP contribution in [0.4, 0.5) is 0 Å². The maximum atomic E-state index is 12.5. The van der Waals surface area contributed by atoms with Gasteiger partial charge in [0, 0.05) is 51.8 Å². The Balaban J connectivity index is 1.41. The first kappa shape index (κ1) is 17.9. The van der Waals surface area contributed by atoms with Crippen molar-refractivity contribution in [2.75, 3.05) is 7.05 Å². The molecule has 2 saturated heterocycles. The molecule has 4 heterocycles. The van der Waals surface area contributed by atoms with Gasteiger partial charge in [0.15, 0.2) is 0 Å². The van der Waals surface area contributed by atoms with Gasteiger partial charge in [-0.3, -0.25) is 4.90 Å². The Bertz CT molecular complexity index is 853. The molecule has 2 aliphatic rings. The highest BCUT2D eigenvalue weighted by molar-refractivity contribution is 5.88. The molecule has 2 aromatic rings. The van der Waals surface area contributed by atoms with Gasteiger partial charge in [-0.25, -0.2) is 9.59 Å². The van der Waals surface area contributed by atoms with Crippen molar-refractivity contribution in [3.63, 3.8) is 0 Å². The minimum absolute atomic E-state index is 0.0687. The Labute approximate surface area is 158 Å². The average molecular weight is 371 g/mol. The fourth-order valence-electron chi connectivity index (χ4n) is 4.35. The van der Waals surface area contributed by atoms with Crippen molar-refractivity contribution in [2.45, 2.75) is 43.6 Å². The predicted molar refractivity (Wildman–Crippen MR) is 98.4 cm³/mol. The highest BCUT2D eigenvalue weighted by Gasteiger charge is 2.48. The lowest BCUT2D eigenvalue weighted by Gasteiger charge is -2.36. The molecule has 2 bridgehead atoms. The molecule has 4 atom stereocenters. The molecule has 4 rings (SSSR count). The first-order chi connectivity index (χ1) is 12.9. The Morgan fingerprint density at radius 3 is 2.04 bits per heavy atom. The van der Waals surface area contributed by atoms with E-state index in [-0.39, 0.29) is 36.2 Å². The molecule has 0 unspecified atom stereocenters. The third-order valence-corrected chi connectivity index (χ3v) is 5.91. The second-order valence-corrected chi connectivity index (χ2v) is 7.57. The van der Waals surface area contributed by atoms with E-state index in [1.807, 2.05) is 38.6 Å². The maximum absolute atomic E-state index is 12.5. The minimum Gasteiger partial charge on any atom is -0.458 e. The molecule has 27 heavy (non-hydrogen) atoms. The predicted octanol–water partition coefficient (Wildman–Crippen LogP) is 1.98. The summed E-state index contributed by atoms with van der Waals surface area (Å²) in [6, 6.07) is 7.50. The van der Waals surface area contributed by atoms with Gasteiger partial charge in [-0.15, -0.1) is 0 Å². The SMILES string of the molecule is CN1[C@H]2C[C@@H](OC(=O)c3cccn3C)C[C@@H]1[C@H](OC(=O)c1cccn1C)C2. The number of aromatic nitrogens is 2. The van der Waals surface area contributed by atoms with Crippen LogP contribution < -0.4 is 0 Å². The second kappa shape index (κ2) is 6.88. The van der Waals surface area contributed by atoms with Crippen molar-refractivity contribution < 1.29 is 19.1 Å². The first-order valence-electron chi connectivity index (χ1n) is 9.30. The first-order valence-corrected chi connectivity index (χ1v) is 9.30. The van der Waals surface area contributed by atoms with E-state index in [2.05, 4.69) is 11.9 Å². The van der Waals surface area contributed by atoms with Crippen LogP contribution in [0.3, 0.4) is 0 Å². The summed E-state index contributed by atoms with van der Waals surface area (Å²) in [7, 11) is 5.71. The fourth-order valence-corrected chi connectivity index (χ4v) is 4.35. The standard InChI is InChI=1S/C20H25N3O4/c1-21-8-4-6-15(21)19(24)26-14-10-13-11-18(17(12-14)23(13)3)27-20(25)16-7-5-9-22(16)2/h4-9,13-14,17-18H,10-12H2,1-3H3/t13-,14+,17+,18+/m0/s1. The summed E-state index contributed by atoms with van der Waals surface area (Å²) in [5.74, 6) is -0.598. The van der Waals surface area contributed by atoms with E-state index < -0.39 is 0 Å². The largest absolute Gasteiger partial charge is 0.458 e. The van der Waals surface area contributed by atoms with Gasteiger partial charge < -0.3 is 18.6 Å². The van der Waals surface area contributed by atoms with E-state index in [1.165, 1.54) is 0 Å². The van der Waals surface area contributed by atoms with Crippen LogP contribution in [0.2, 0.25) is 0 Å². The molecule has 7 nitrogen and oxygen atoms in total. The summed E-state index contributed by atoms with van der Waals surface area (Å²) in [6.45, 7) is 0. The highest BCUT2D eigenvalue weighted by atomic mass is 16.6. The third kappa shape index (κ3) is 3.27. The molecule has 7 heteroatoms. The summed E-state index contributed by atoms with van der Waals surface area (Å²) >= 11 is 0. The number of hydrogen-bond donors (Lipinski definition) is 0. The molecule has 2 aliphatic heterocycles. The molecule has 144 valence electrons. The van der Waals surface area contributed by atoms with Crippen LogP contribution in [-0.2, 0) is 23.6 Å². The lowest BCUT2D eigenvalue weighted by atomic mass is 10.00. The fraction of sp³-hybridized carbons (Fsp3) is 0.500. The van der Waals surface area contributed by atoms with E-state index in [4.69, 9.17) is 9.47 Å². The van der Waals surface area contributed by atoms with Crippen molar-refractivity contribution in [3.05, 3.63) is 48.0 Å². The molecule has 0 N–H and O–H groups in total. The number of rotatable bonds is 4. The van der Waals surface area contributed by atoms with Crippen LogP contribution in [0, 0.1) is 0 Å². The monoisotopic (exact) mass is 371 g/mol. The summed E-state index contributed by atoms with van der Waals surface area (Å²) in [5.41, 5.74) is 1.10. The molecular weight excluding hydrogens is 346 g/mol. The topological polar surface area (TPSA) is 65.7 Å². The number of carbonyl (C=O) groups excluding carboxylic acids is 2. The highest BCUT2D eigenvalue weighted by Crippen LogP contribution is 2.38. The quantitative estimate of drug-likeness (QED) is 0.769. The molecule has 0 amide bonds. The Hall–Kier alpha value is -2.54. The number of esters is 2. The smallest absolute Gasteiger partial charge is 0.355 e. The summed E-state index contributed by atoms with van der Waals surface area (Å²) in [5, 5.41) is 0. The Kier molecular flexibility index (Phi) is 4.55. The lowest BCUT2D eigenvalue weighted by Crippen LogP contribution is -2.46. The molecular formula is C20H25N3O4. The summed E-state index contributed by atoms with van der Waals surface area (Å²) < 4.78 is 15.1. The zero-order chi connectivity index (χ0) is 19.1. The molecule has 2 fully saturated rings. The molecule has 0 radical (unpaired) electrons. The van der Waals surface area contributed by atoms with Crippen LogP contribution in [-0.4, -0.2) is 57.3 Å². The number of fused-ring (bicyclic) bond motifs is 2. The maximum Gasteiger partial charge on any atom is 0.355 e. The molecule has 0 saturated carbocycles. The third-order valence-electron chi connectivity index (χ3n) is 5.91. The van der Waals surface area contributed by atoms with E-state index >= 15 is 0 Å². The van der Waals surface area contributed by atoms with Crippen LogP contribution in [0.15, 0.2) is 36.7 Å². The zero-order valence-electron chi connectivity index (χ0n) is 15.9. The van der Waals surface area contributed by atoms with E-state index in [0.29, 0.717) is 17.8 Å². The van der Waals surface area contributed by atoms with E-state index in [9.17, 15) is 9.59 Å². The van der Waals surface area contributed by atoms with E-state index in [0.717, 1.165) is 12.8 Å². The summed E-state index contributed by atoms with van der Waals surface area (Å²) in [6.07, 6.45) is 5.53. The van der Waals surface area contributed by atoms with Crippen molar-refractivity contribution >= 4 is 11.9 Å². The van der Waals surface area contributed by atoms with Crippen molar-refractivity contribution in [1.82, 2.24) is 14.0 Å². The molecule has 0 spiro atoms. The number of ether oxygens (including phenoxy) is 2. The van der Waals surface area contributed by atoms with Crippen LogP contribution in [0.25, 0.3) is 0 Å². The normalized spacial score (nSPS) is 27.5. The van der Waals surface area contributed by atoms with Crippen molar-refractivity contribution in [3.8, 4) is 0 Å². The Morgan fingerprint density at radius 2 is 1.48 bits per heavy atom. The summed E-state index contributed by atoms with van der Waals surface area (Å²) in [4.78, 5) is 27.2. The minimum atomic E-state index is -0.300. The zero-order valence-corrected chi connectivity index (χ0v) is 15.9.